The first-order valence-corrected chi connectivity index (χ1v) is 13.1. The van der Waals surface area contributed by atoms with Crippen molar-refractivity contribution < 1.29 is 14.3 Å². The van der Waals surface area contributed by atoms with E-state index in [1.54, 1.807) is 31.0 Å². The van der Waals surface area contributed by atoms with Crippen LogP contribution in [-0.2, 0) is 11.4 Å². The number of aromatic nitrogens is 3. The van der Waals surface area contributed by atoms with Gasteiger partial charge in [0.05, 0.1) is 7.11 Å². The third kappa shape index (κ3) is 4.75. The normalized spacial score (nSPS) is 17.0. The van der Waals surface area contributed by atoms with Gasteiger partial charge in [0.15, 0.2) is 17.3 Å². The van der Waals surface area contributed by atoms with Gasteiger partial charge < -0.3 is 14.8 Å². The molecule has 0 spiro atoms. The summed E-state index contributed by atoms with van der Waals surface area (Å²) in [5.74, 6) is 2.77. The summed E-state index contributed by atoms with van der Waals surface area (Å²) in [6.45, 7) is 2.32. The van der Waals surface area contributed by atoms with Crippen molar-refractivity contribution in [2.24, 2.45) is 0 Å². The molecule has 0 amide bonds. The van der Waals surface area contributed by atoms with E-state index in [-0.39, 0.29) is 18.4 Å². The monoisotopic (exact) mass is 530 g/mol. The zero-order valence-corrected chi connectivity index (χ0v) is 21.6. The lowest BCUT2D eigenvalue weighted by Gasteiger charge is -2.32. The number of nitrogens with zero attached hydrogens (tertiary/aromatic N) is 3. The van der Waals surface area contributed by atoms with Gasteiger partial charge in [-0.2, -0.15) is 4.98 Å². The third-order valence-corrected chi connectivity index (χ3v) is 7.33. The first-order chi connectivity index (χ1) is 17.0. The van der Waals surface area contributed by atoms with E-state index in [9.17, 15) is 4.79 Å². The largest absolute Gasteiger partial charge is 0.493 e. The number of allylic oxidation sites excluding steroid dienone is 2. The minimum atomic E-state index is -0.388. The topological polar surface area (TPSA) is 78.3 Å². The number of carbonyl (C=O) groups is 1. The van der Waals surface area contributed by atoms with Gasteiger partial charge in [0.25, 0.3) is 0 Å². The predicted molar refractivity (Wildman–Crippen MR) is 138 cm³/mol. The number of carbonyl (C=O) groups excluding carboxylic acids is 1. The Morgan fingerprint density at radius 3 is 2.80 bits per heavy atom. The Morgan fingerprint density at radius 1 is 1.17 bits per heavy atom. The van der Waals surface area contributed by atoms with Gasteiger partial charge in [-0.1, -0.05) is 54.0 Å². The summed E-state index contributed by atoms with van der Waals surface area (Å²) in [5.41, 5.74) is 3.36. The van der Waals surface area contributed by atoms with E-state index in [1.807, 2.05) is 28.9 Å². The number of anilines is 1. The van der Waals surface area contributed by atoms with Crippen LogP contribution in [0.1, 0.15) is 43.4 Å². The highest BCUT2D eigenvalue weighted by molar-refractivity contribution is 7.99. The van der Waals surface area contributed by atoms with Gasteiger partial charge in [-0.15, -0.1) is 5.10 Å². The summed E-state index contributed by atoms with van der Waals surface area (Å²) in [5, 5.41) is 9.86. The van der Waals surface area contributed by atoms with Crippen molar-refractivity contribution in [3.05, 3.63) is 68.8 Å². The van der Waals surface area contributed by atoms with Crippen LogP contribution in [0.3, 0.4) is 0 Å². The zero-order chi connectivity index (χ0) is 24.5. The molecule has 1 N–H and O–H groups in total. The molecular weight excluding hydrogens is 507 g/mol. The maximum Gasteiger partial charge on any atom is 0.227 e. The maximum atomic E-state index is 13.0. The van der Waals surface area contributed by atoms with E-state index < -0.39 is 0 Å². The summed E-state index contributed by atoms with van der Waals surface area (Å²) in [6, 6.07) is 10.6. The SMILES string of the molecule is CCSc1nc2n(n1)C(c1ccc(OCc3ccc(Cl)cc3Cl)c(OC)c1)C1=C(CCCC1=O)N2. The van der Waals surface area contributed by atoms with E-state index in [0.29, 0.717) is 39.1 Å². The summed E-state index contributed by atoms with van der Waals surface area (Å²) in [7, 11) is 1.59. The summed E-state index contributed by atoms with van der Waals surface area (Å²) in [4.78, 5) is 17.7. The van der Waals surface area contributed by atoms with Crippen molar-refractivity contribution >= 4 is 46.7 Å². The molecule has 10 heteroatoms. The highest BCUT2D eigenvalue weighted by Gasteiger charge is 2.37. The number of methoxy groups -OCH3 is 1. The molecule has 2 aromatic carbocycles. The first kappa shape index (κ1) is 24.0. The molecule has 2 aliphatic rings. The molecule has 182 valence electrons. The number of Topliss-reactive ketones (excluding diaryl/α,β-unsaturated/α-hetero) is 1. The van der Waals surface area contributed by atoms with Gasteiger partial charge in [0.2, 0.25) is 11.1 Å². The standard InChI is InChI=1S/C25H24Cl2N4O3S/c1-3-35-25-29-24-28-18-5-4-6-19(32)22(18)23(31(24)30-25)14-8-10-20(21(11-14)33-2)34-13-15-7-9-16(26)12-17(15)27/h7-12,23H,3-6,13H2,1-2H3,(H,28,29,30). The van der Waals surface area contributed by atoms with Crippen molar-refractivity contribution in [3.63, 3.8) is 0 Å². The third-order valence-electron chi connectivity index (χ3n) is 6.02. The van der Waals surface area contributed by atoms with E-state index >= 15 is 0 Å². The fraction of sp³-hybridized carbons (Fsp3) is 0.320. The molecule has 1 aliphatic heterocycles. The number of nitrogens with one attached hydrogen (secondary N) is 1. The van der Waals surface area contributed by atoms with Gasteiger partial charge in [-0.3, -0.25) is 4.79 Å². The van der Waals surface area contributed by atoms with Gasteiger partial charge >= 0.3 is 0 Å². The van der Waals surface area contributed by atoms with E-state index in [4.69, 9.17) is 37.8 Å². The fourth-order valence-corrected chi connectivity index (χ4v) is 5.42. The molecule has 0 saturated carbocycles. The lowest BCUT2D eigenvalue weighted by atomic mass is 9.85. The highest BCUT2D eigenvalue weighted by atomic mass is 35.5. The molecule has 35 heavy (non-hydrogen) atoms. The second-order valence-corrected chi connectivity index (χ2v) is 10.3. The Kier molecular flexibility index (Phi) is 6.95. The summed E-state index contributed by atoms with van der Waals surface area (Å²) >= 11 is 13.9. The average Bonchev–Trinajstić information content (AvgIpc) is 3.24. The van der Waals surface area contributed by atoms with Crippen molar-refractivity contribution in [3.8, 4) is 11.5 Å². The van der Waals surface area contributed by atoms with Crippen LogP contribution < -0.4 is 14.8 Å². The number of rotatable bonds is 7. The van der Waals surface area contributed by atoms with Gasteiger partial charge in [-0.25, -0.2) is 4.68 Å². The molecule has 0 saturated heterocycles. The summed E-state index contributed by atoms with van der Waals surface area (Å²) < 4.78 is 13.5. The molecule has 0 fully saturated rings. The second kappa shape index (κ2) is 10.1. The lowest BCUT2D eigenvalue weighted by Crippen LogP contribution is -2.31. The van der Waals surface area contributed by atoms with E-state index in [2.05, 4.69) is 17.2 Å². The average molecular weight is 531 g/mol. The Labute approximate surface area is 217 Å². The van der Waals surface area contributed by atoms with Gasteiger partial charge in [0.1, 0.15) is 12.6 Å². The Bertz CT molecular complexity index is 1320. The number of ether oxygens (including phenoxy) is 2. The molecule has 7 nitrogen and oxygen atoms in total. The van der Waals surface area contributed by atoms with Crippen LogP contribution in [0.15, 0.2) is 52.8 Å². The Morgan fingerprint density at radius 2 is 2.03 bits per heavy atom. The predicted octanol–water partition coefficient (Wildman–Crippen LogP) is 6.31. The molecule has 2 heterocycles. The van der Waals surface area contributed by atoms with Crippen molar-refractivity contribution in [1.82, 2.24) is 14.8 Å². The quantitative estimate of drug-likeness (QED) is 0.358. The number of ketones is 1. The molecule has 0 bridgehead atoms. The summed E-state index contributed by atoms with van der Waals surface area (Å²) in [6.07, 6.45) is 2.16. The number of thioether (sulfide) groups is 1. The molecule has 5 rings (SSSR count). The van der Waals surface area contributed by atoms with E-state index in [0.717, 1.165) is 41.0 Å². The van der Waals surface area contributed by atoms with Gasteiger partial charge in [0, 0.05) is 33.3 Å². The number of hydrogen-bond donors (Lipinski definition) is 1. The van der Waals surface area contributed by atoms with Crippen LogP contribution in [0, 0.1) is 0 Å². The van der Waals surface area contributed by atoms with Crippen LogP contribution in [0.2, 0.25) is 10.0 Å². The molecule has 1 unspecified atom stereocenters. The molecule has 1 aliphatic carbocycles. The Hall–Kier alpha value is -2.68. The molecule has 0 radical (unpaired) electrons. The second-order valence-electron chi connectivity index (χ2n) is 8.23. The number of hydrogen-bond acceptors (Lipinski definition) is 7. The molecule has 1 atom stereocenters. The van der Waals surface area contributed by atoms with Crippen molar-refractivity contribution in [2.75, 3.05) is 18.2 Å². The number of benzene rings is 2. The number of halogens is 2. The zero-order valence-electron chi connectivity index (χ0n) is 19.3. The molecule has 1 aromatic heterocycles. The van der Waals surface area contributed by atoms with Crippen LogP contribution in [0.5, 0.6) is 11.5 Å². The van der Waals surface area contributed by atoms with E-state index in [1.165, 1.54) is 0 Å². The van der Waals surface area contributed by atoms with Crippen LogP contribution in [0.4, 0.5) is 5.95 Å². The number of fused-ring (bicyclic) bond motifs is 1. The lowest BCUT2D eigenvalue weighted by molar-refractivity contribution is -0.116. The van der Waals surface area contributed by atoms with Crippen LogP contribution in [-0.4, -0.2) is 33.4 Å². The van der Waals surface area contributed by atoms with Crippen molar-refractivity contribution in [1.29, 1.82) is 0 Å². The first-order valence-electron chi connectivity index (χ1n) is 11.4. The highest BCUT2D eigenvalue weighted by Crippen LogP contribution is 2.42. The fourth-order valence-electron chi connectivity index (χ4n) is 4.40. The minimum Gasteiger partial charge on any atom is -0.493 e. The maximum absolute atomic E-state index is 13.0. The van der Waals surface area contributed by atoms with Crippen LogP contribution >= 0.6 is 35.0 Å². The molecule has 3 aromatic rings. The minimum absolute atomic E-state index is 0.131. The Balaban J connectivity index is 1.50. The van der Waals surface area contributed by atoms with Crippen molar-refractivity contribution in [2.45, 2.75) is 44.0 Å². The molecular formula is C25H24Cl2N4O3S. The smallest absolute Gasteiger partial charge is 0.227 e. The van der Waals surface area contributed by atoms with Crippen LogP contribution in [0.25, 0.3) is 0 Å². The van der Waals surface area contributed by atoms with Gasteiger partial charge in [-0.05, 0) is 48.4 Å².